The van der Waals surface area contributed by atoms with Crippen LogP contribution in [0.25, 0.3) is 0 Å². The van der Waals surface area contributed by atoms with Gasteiger partial charge in [-0.25, -0.2) is 4.98 Å². The number of primary amides is 1. The summed E-state index contributed by atoms with van der Waals surface area (Å²) in [6, 6.07) is 0.380. The van der Waals surface area contributed by atoms with Crippen LogP contribution in [-0.4, -0.2) is 72.0 Å². The summed E-state index contributed by atoms with van der Waals surface area (Å²) < 4.78 is 10.5. The van der Waals surface area contributed by atoms with E-state index in [-0.39, 0.29) is 23.5 Å². The molecule has 23 heavy (non-hydrogen) atoms. The fraction of sp³-hybridized carbons (Fsp3) is 0.667. The van der Waals surface area contributed by atoms with Crippen LogP contribution in [-0.2, 0) is 9.53 Å². The van der Waals surface area contributed by atoms with Crippen molar-refractivity contribution in [3.05, 3.63) is 18.4 Å². The molecule has 2 aliphatic rings. The molecule has 0 radical (unpaired) electrons. The molecule has 8 nitrogen and oxygen atoms in total. The number of nitrogens with zero attached hydrogens (tertiary/aromatic N) is 3. The molecule has 2 saturated heterocycles. The Morgan fingerprint density at radius 3 is 2.65 bits per heavy atom. The first-order valence-corrected chi connectivity index (χ1v) is 7.94. The second-order valence-corrected chi connectivity index (χ2v) is 6.05. The van der Waals surface area contributed by atoms with Crippen molar-refractivity contribution in [3.8, 4) is 0 Å². The van der Waals surface area contributed by atoms with Crippen molar-refractivity contribution < 1.29 is 18.7 Å². The second kappa shape index (κ2) is 7.10. The van der Waals surface area contributed by atoms with E-state index in [0.29, 0.717) is 32.2 Å². The summed E-state index contributed by atoms with van der Waals surface area (Å²) in [6.45, 7) is 3.63. The van der Waals surface area contributed by atoms with Crippen LogP contribution in [0.3, 0.4) is 0 Å². The monoisotopic (exact) mass is 322 g/mol. The lowest BCUT2D eigenvalue weighted by Crippen LogP contribution is -2.44. The van der Waals surface area contributed by atoms with Gasteiger partial charge in [0.2, 0.25) is 11.7 Å². The summed E-state index contributed by atoms with van der Waals surface area (Å²) in [7, 11) is 0. The van der Waals surface area contributed by atoms with E-state index in [2.05, 4.69) is 9.88 Å². The minimum atomic E-state index is -0.382. The zero-order valence-electron chi connectivity index (χ0n) is 13.0. The maximum Gasteiger partial charge on any atom is 0.291 e. The number of rotatable bonds is 3. The Labute approximate surface area is 134 Å². The molecule has 2 N–H and O–H groups in total. The quantitative estimate of drug-likeness (QED) is 0.821. The maximum atomic E-state index is 12.5. The molecule has 0 saturated carbocycles. The van der Waals surface area contributed by atoms with Gasteiger partial charge in [-0.1, -0.05) is 0 Å². The molecule has 3 rings (SSSR count). The van der Waals surface area contributed by atoms with Crippen molar-refractivity contribution in [2.45, 2.75) is 18.9 Å². The molecule has 1 atom stereocenters. The summed E-state index contributed by atoms with van der Waals surface area (Å²) in [4.78, 5) is 31.9. The zero-order chi connectivity index (χ0) is 16.2. The average molecular weight is 322 g/mol. The average Bonchev–Trinajstić information content (AvgIpc) is 3.00. The van der Waals surface area contributed by atoms with Gasteiger partial charge in [-0.15, -0.1) is 0 Å². The third-order valence-electron chi connectivity index (χ3n) is 4.59. The van der Waals surface area contributed by atoms with Gasteiger partial charge < -0.3 is 19.8 Å². The number of nitrogens with two attached hydrogens (primary N) is 1. The maximum absolute atomic E-state index is 12.5. The zero-order valence-corrected chi connectivity index (χ0v) is 13.0. The molecule has 0 spiro atoms. The molecule has 0 aliphatic carbocycles. The lowest BCUT2D eigenvalue weighted by atomic mass is 10.0. The van der Waals surface area contributed by atoms with E-state index in [1.165, 1.54) is 12.6 Å². The molecule has 126 valence electrons. The standard InChI is InChI=1S/C15H22N4O4/c16-14(20)11-8-18(12-1-5-22-6-2-12)3-4-19(9-11)15(21)13-7-17-10-23-13/h7,10-12H,1-6,8-9H2,(H2,16,20). The van der Waals surface area contributed by atoms with E-state index in [9.17, 15) is 9.59 Å². The summed E-state index contributed by atoms with van der Waals surface area (Å²) in [6.07, 6.45) is 4.51. The van der Waals surface area contributed by atoms with E-state index < -0.39 is 0 Å². The van der Waals surface area contributed by atoms with Crippen LogP contribution in [0.5, 0.6) is 0 Å². The molecule has 8 heteroatoms. The Hall–Kier alpha value is -1.93. The summed E-state index contributed by atoms with van der Waals surface area (Å²) in [5, 5.41) is 0. The van der Waals surface area contributed by atoms with Gasteiger partial charge in [0.05, 0.1) is 12.1 Å². The minimum absolute atomic E-state index is 0.188. The summed E-state index contributed by atoms with van der Waals surface area (Å²) in [5.74, 6) is -0.818. The van der Waals surface area contributed by atoms with Gasteiger partial charge >= 0.3 is 0 Å². The Morgan fingerprint density at radius 2 is 2.00 bits per heavy atom. The Kier molecular flexibility index (Phi) is 4.92. The van der Waals surface area contributed by atoms with Crippen LogP contribution < -0.4 is 5.73 Å². The van der Waals surface area contributed by atoms with Crippen molar-refractivity contribution in [2.24, 2.45) is 11.7 Å². The van der Waals surface area contributed by atoms with E-state index in [4.69, 9.17) is 14.9 Å². The van der Waals surface area contributed by atoms with E-state index in [0.717, 1.165) is 26.1 Å². The van der Waals surface area contributed by atoms with Crippen LogP contribution in [0, 0.1) is 5.92 Å². The Bertz CT molecular complexity index is 542. The van der Waals surface area contributed by atoms with Gasteiger partial charge in [-0.2, -0.15) is 0 Å². The SMILES string of the molecule is NC(=O)C1CN(C(=O)c2cnco2)CCN(C2CCOCC2)C1. The molecule has 2 amide bonds. The van der Waals surface area contributed by atoms with Crippen LogP contribution in [0.4, 0.5) is 0 Å². The van der Waals surface area contributed by atoms with Crippen molar-refractivity contribution in [1.29, 1.82) is 0 Å². The van der Waals surface area contributed by atoms with Gasteiger partial charge in [0.1, 0.15) is 0 Å². The largest absolute Gasteiger partial charge is 0.438 e. The highest BCUT2D eigenvalue weighted by Gasteiger charge is 2.33. The summed E-state index contributed by atoms with van der Waals surface area (Å²) >= 11 is 0. The lowest BCUT2D eigenvalue weighted by Gasteiger charge is -2.34. The van der Waals surface area contributed by atoms with Gasteiger partial charge in [-0.3, -0.25) is 14.5 Å². The fourth-order valence-electron chi connectivity index (χ4n) is 3.26. The molecule has 2 aliphatic heterocycles. The predicted molar refractivity (Wildman–Crippen MR) is 80.5 cm³/mol. The number of amides is 2. The van der Waals surface area contributed by atoms with Crippen LogP contribution >= 0.6 is 0 Å². The first kappa shape index (κ1) is 15.9. The van der Waals surface area contributed by atoms with Crippen molar-refractivity contribution in [1.82, 2.24) is 14.8 Å². The highest BCUT2D eigenvalue weighted by molar-refractivity contribution is 5.91. The van der Waals surface area contributed by atoms with Crippen molar-refractivity contribution in [2.75, 3.05) is 39.4 Å². The third-order valence-corrected chi connectivity index (χ3v) is 4.59. The van der Waals surface area contributed by atoms with Gasteiger partial charge in [0.25, 0.3) is 5.91 Å². The Morgan fingerprint density at radius 1 is 1.22 bits per heavy atom. The first-order chi connectivity index (χ1) is 11.1. The van der Waals surface area contributed by atoms with Gasteiger partial charge in [0.15, 0.2) is 6.39 Å². The number of aromatic nitrogens is 1. The normalized spacial score (nSPS) is 24.3. The number of ether oxygens (including phenoxy) is 1. The number of oxazole rings is 1. The van der Waals surface area contributed by atoms with Crippen LogP contribution in [0.1, 0.15) is 23.4 Å². The first-order valence-electron chi connectivity index (χ1n) is 7.94. The molecule has 0 aromatic carbocycles. The Balaban J connectivity index is 1.72. The van der Waals surface area contributed by atoms with Crippen molar-refractivity contribution in [3.63, 3.8) is 0 Å². The molecule has 1 aromatic heterocycles. The number of hydrogen-bond donors (Lipinski definition) is 1. The lowest BCUT2D eigenvalue weighted by molar-refractivity contribution is -0.122. The minimum Gasteiger partial charge on any atom is -0.438 e. The second-order valence-electron chi connectivity index (χ2n) is 6.05. The number of carbonyl (C=O) groups excluding carboxylic acids is 2. The van der Waals surface area contributed by atoms with E-state index in [1.54, 1.807) is 4.90 Å². The smallest absolute Gasteiger partial charge is 0.291 e. The molecular weight excluding hydrogens is 300 g/mol. The van der Waals surface area contributed by atoms with Crippen LogP contribution in [0.15, 0.2) is 17.0 Å². The van der Waals surface area contributed by atoms with E-state index >= 15 is 0 Å². The molecule has 2 fully saturated rings. The molecule has 0 bridgehead atoms. The molecule has 1 unspecified atom stereocenters. The van der Waals surface area contributed by atoms with Gasteiger partial charge in [0, 0.05) is 45.4 Å². The summed E-state index contributed by atoms with van der Waals surface area (Å²) in [5.41, 5.74) is 5.55. The van der Waals surface area contributed by atoms with Crippen molar-refractivity contribution >= 4 is 11.8 Å². The molecular formula is C15H22N4O4. The highest BCUT2D eigenvalue weighted by Crippen LogP contribution is 2.20. The third kappa shape index (κ3) is 3.70. The predicted octanol–water partition coefficient (Wildman–Crippen LogP) is -0.287. The topological polar surface area (TPSA) is 102 Å². The molecule has 1 aromatic rings. The number of hydrogen-bond acceptors (Lipinski definition) is 6. The highest BCUT2D eigenvalue weighted by atomic mass is 16.5. The number of carbonyl (C=O) groups is 2. The van der Waals surface area contributed by atoms with Crippen LogP contribution in [0.2, 0.25) is 0 Å². The fourth-order valence-corrected chi connectivity index (χ4v) is 3.26. The van der Waals surface area contributed by atoms with Gasteiger partial charge in [-0.05, 0) is 12.8 Å². The van der Waals surface area contributed by atoms with E-state index in [1.807, 2.05) is 0 Å². The molecule has 3 heterocycles.